The molecule has 0 aliphatic carbocycles. The van der Waals surface area contributed by atoms with Gasteiger partial charge in [0, 0.05) is 23.6 Å². The Balaban J connectivity index is 1.42. The predicted octanol–water partition coefficient (Wildman–Crippen LogP) is 5.11. The van der Waals surface area contributed by atoms with Crippen molar-refractivity contribution in [1.29, 1.82) is 0 Å². The second kappa shape index (κ2) is 9.37. The van der Waals surface area contributed by atoms with Crippen LogP contribution in [0.2, 0.25) is 0 Å². The molecule has 1 N–H and O–H groups in total. The number of nitrogens with one attached hydrogen (secondary N) is 1. The molecule has 3 aromatic rings. The van der Waals surface area contributed by atoms with E-state index in [0.29, 0.717) is 6.54 Å². The molecule has 0 radical (unpaired) electrons. The van der Waals surface area contributed by atoms with Gasteiger partial charge in [-0.25, -0.2) is 0 Å². The van der Waals surface area contributed by atoms with Gasteiger partial charge in [-0.1, -0.05) is 59.9 Å². The van der Waals surface area contributed by atoms with E-state index in [2.05, 4.69) is 22.4 Å². The first-order valence-electron chi connectivity index (χ1n) is 9.46. The summed E-state index contributed by atoms with van der Waals surface area (Å²) >= 11 is 3.50. The van der Waals surface area contributed by atoms with Crippen LogP contribution < -0.4 is 10.1 Å². The van der Waals surface area contributed by atoms with Gasteiger partial charge in [-0.3, -0.25) is 9.79 Å². The smallest absolute Gasteiger partial charge is 0.251 e. The average molecular weight is 423 g/mol. The third-order valence-corrected chi connectivity index (χ3v) is 7.04. The summed E-state index contributed by atoms with van der Waals surface area (Å²) in [7, 11) is 1.67. The summed E-state index contributed by atoms with van der Waals surface area (Å²) < 4.78 is 6.40. The van der Waals surface area contributed by atoms with Crippen LogP contribution in [0.5, 0.6) is 5.75 Å². The first-order valence-corrected chi connectivity index (χ1v) is 11.4. The molecule has 6 heteroatoms. The van der Waals surface area contributed by atoms with E-state index in [9.17, 15) is 4.79 Å². The Labute approximate surface area is 179 Å². The molecule has 4 nitrogen and oxygen atoms in total. The van der Waals surface area contributed by atoms with Crippen LogP contribution in [0.4, 0.5) is 0 Å². The lowest BCUT2D eigenvalue weighted by Gasteiger charge is -2.11. The maximum Gasteiger partial charge on any atom is 0.251 e. The molecule has 1 aliphatic rings. The Bertz CT molecular complexity index is 1070. The van der Waals surface area contributed by atoms with Crippen LogP contribution in [0, 0.1) is 0 Å². The molecule has 1 amide bonds. The number of benzene rings is 3. The Kier molecular flexibility index (Phi) is 6.42. The molecule has 1 aliphatic heterocycles. The maximum absolute atomic E-state index is 12.8. The summed E-state index contributed by atoms with van der Waals surface area (Å²) in [5.74, 6) is 2.61. The van der Waals surface area contributed by atoms with Crippen molar-refractivity contribution in [2.75, 3.05) is 19.4 Å². The normalized spacial score (nSPS) is 13.3. The number of hydrogen-bond donors (Lipinski definition) is 1. The highest BCUT2D eigenvalue weighted by Crippen LogP contribution is 2.26. The lowest BCUT2D eigenvalue weighted by Crippen LogP contribution is -2.23. The average Bonchev–Trinajstić information content (AvgIpc) is 3.29. The minimum Gasteiger partial charge on any atom is -0.497 e. The number of amides is 1. The summed E-state index contributed by atoms with van der Waals surface area (Å²) in [4.78, 5) is 17.3. The zero-order valence-corrected chi connectivity index (χ0v) is 17.8. The number of rotatable bonds is 6. The van der Waals surface area contributed by atoms with E-state index >= 15 is 0 Å². The number of fused-ring (bicyclic) bond motifs is 1. The van der Waals surface area contributed by atoms with Gasteiger partial charge in [0.1, 0.15) is 10.1 Å². The molecule has 0 fully saturated rings. The number of thioether (sulfide) groups is 2. The standard InChI is InChI=1S/C23H22N2O2S2/c1-27-20-9-8-17-12-16(6-7-18(17)13-20)14-25-22(26)21-5-3-2-4-19(21)15-29-23-24-10-11-28-23/h2-9,12-13H,10-11,14-15H2,1H3,(H,25,26). The van der Waals surface area contributed by atoms with Gasteiger partial charge in [0.2, 0.25) is 0 Å². The second-order valence-electron chi connectivity index (χ2n) is 6.67. The van der Waals surface area contributed by atoms with Crippen molar-refractivity contribution in [3.63, 3.8) is 0 Å². The fourth-order valence-electron chi connectivity index (χ4n) is 3.20. The third-order valence-electron chi connectivity index (χ3n) is 4.74. The summed E-state index contributed by atoms with van der Waals surface area (Å²) in [6, 6.07) is 20.0. The zero-order chi connectivity index (χ0) is 20.1. The number of carbonyl (C=O) groups is 1. The van der Waals surface area contributed by atoms with Crippen LogP contribution in [0.3, 0.4) is 0 Å². The van der Waals surface area contributed by atoms with E-state index in [1.165, 1.54) is 0 Å². The minimum atomic E-state index is -0.0444. The van der Waals surface area contributed by atoms with Gasteiger partial charge in [0.05, 0.1) is 13.7 Å². The van der Waals surface area contributed by atoms with Gasteiger partial charge in [0.25, 0.3) is 5.91 Å². The summed E-state index contributed by atoms with van der Waals surface area (Å²) in [5, 5.41) is 5.31. The molecule has 0 saturated heterocycles. The van der Waals surface area contributed by atoms with Crippen molar-refractivity contribution < 1.29 is 9.53 Å². The quantitative estimate of drug-likeness (QED) is 0.599. The molecular formula is C23H22N2O2S2. The molecule has 3 aromatic carbocycles. The lowest BCUT2D eigenvalue weighted by molar-refractivity contribution is 0.0950. The van der Waals surface area contributed by atoms with Crippen LogP contribution >= 0.6 is 23.5 Å². The predicted molar refractivity (Wildman–Crippen MR) is 124 cm³/mol. The third kappa shape index (κ3) is 4.95. The Hall–Kier alpha value is -2.44. The van der Waals surface area contributed by atoms with Crippen molar-refractivity contribution in [3.05, 3.63) is 77.4 Å². The monoisotopic (exact) mass is 422 g/mol. The highest BCUT2D eigenvalue weighted by molar-refractivity contribution is 8.38. The first-order chi connectivity index (χ1) is 14.2. The van der Waals surface area contributed by atoms with E-state index in [1.54, 1.807) is 30.6 Å². The van der Waals surface area contributed by atoms with E-state index in [-0.39, 0.29) is 5.91 Å². The molecule has 1 heterocycles. The maximum atomic E-state index is 12.8. The van der Waals surface area contributed by atoms with Crippen LogP contribution in [0.15, 0.2) is 65.7 Å². The number of ether oxygens (including phenoxy) is 1. The molecule has 148 valence electrons. The molecule has 0 bridgehead atoms. The molecule has 0 atom stereocenters. The van der Waals surface area contributed by atoms with E-state index < -0.39 is 0 Å². The van der Waals surface area contributed by atoms with Crippen LogP contribution in [0.1, 0.15) is 21.5 Å². The molecule has 0 unspecified atom stereocenters. The molecule has 4 rings (SSSR count). The molecule has 0 saturated carbocycles. The highest BCUT2D eigenvalue weighted by atomic mass is 32.2. The zero-order valence-electron chi connectivity index (χ0n) is 16.2. The van der Waals surface area contributed by atoms with Gasteiger partial charge < -0.3 is 10.1 Å². The van der Waals surface area contributed by atoms with Gasteiger partial charge in [-0.05, 0) is 46.2 Å². The van der Waals surface area contributed by atoms with Crippen molar-refractivity contribution in [1.82, 2.24) is 5.32 Å². The largest absolute Gasteiger partial charge is 0.497 e. The lowest BCUT2D eigenvalue weighted by atomic mass is 10.1. The van der Waals surface area contributed by atoms with Crippen molar-refractivity contribution >= 4 is 44.6 Å². The first kappa shape index (κ1) is 19.9. The van der Waals surface area contributed by atoms with E-state index in [4.69, 9.17) is 4.74 Å². The highest BCUT2D eigenvalue weighted by Gasteiger charge is 2.13. The topological polar surface area (TPSA) is 50.7 Å². The molecule has 29 heavy (non-hydrogen) atoms. The second-order valence-corrected chi connectivity index (χ2v) is 8.98. The number of aliphatic imine (C=N–C) groups is 1. The van der Waals surface area contributed by atoms with Crippen molar-refractivity contribution in [2.45, 2.75) is 12.3 Å². The number of methoxy groups -OCH3 is 1. The summed E-state index contributed by atoms with van der Waals surface area (Å²) in [5.41, 5.74) is 2.84. The number of hydrogen-bond acceptors (Lipinski definition) is 5. The molecule has 0 aromatic heterocycles. The Morgan fingerprint density at radius 1 is 1.14 bits per heavy atom. The summed E-state index contributed by atoms with van der Waals surface area (Å²) in [6.45, 7) is 1.39. The fourth-order valence-corrected chi connectivity index (χ4v) is 5.21. The Morgan fingerprint density at radius 3 is 2.79 bits per heavy atom. The van der Waals surface area contributed by atoms with E-state index in [1.807, 2.05) is 48.5 Å². The van der Waals surface area contributed by atoms with Crippen LogP contribution in [-0.2, 0) is 12.3 Å². The SMILES string of the molecule is COc1ccc2cc(CNC(=O)c3ccccc3CSC3=NCCS3)ccc2c1. The van der Waals surface area contributed by atoms with Gasteiger partial charge in [-0.15, -0.1) is 0 Å². The van der Waals surface area contributed by atoms with Gasteiger partial charge in [-0.2, -0.15) is 0 Å². The minimum absolute atomic E-state index is 0.0444. The molecule has 0 spiro atoms. The van der Waals surface area contributed by atoms with Gasteiger partial charge in [0.15, 0.2) is 0 Å². The van der Waals surface area contributed by atoms with Crippen molar-refractivity contribution in [2.24, 2.45) is 4.99 Å². The Morgan fingerprint density at radius 2 is 1.97 bits per heavy atom. The van der Waals surface area contributed by atoms with Crippen LogP contribution in [0.25, 0.3) is 10.8 Å². The molecular weight excluding hydrogens is 400 g/mol. The van der Waals surface area contributed by atoms with Crippen molar-refractivity contribution in [3.8, 4) is 5.75 Å². The number of nitrogens with zero attached hydrogens (tertiary/aromatic N) is 1. The fraction of sp³-hybridized carbons (Fsp3) is 0.217. The van der Waals surface area contributed by atoms with Crippen LogP contribution in [-0.4, -0.2) is 29.7 Å². The van der Waals surface area contributed by atoms with E-state index in [0.717, 1.165) is 55.6 Å². The summed E-state index contributed by atoms with van der Waals surface area (Å²) in [6.07, 6.45) is 0. The van der Waals surface area contributed by atoms with Gasteiger partial charge >= 0.3 is 0 Å². The number of carbonyl (C=O) groups excluding carboxylic acids is 1.